The van der Waals surface area contributed by atoms with Gasteiger partial charge in [0.05, 0.1) is 11.1 Å². The maximum atomic E-state index is 13.2. The Morgan fingerprint density at radius 1 is 1.00 bits per heavy atom. The molecule has 8 nitrogen and oxygen atoms in total. The van der Waals surface area contributed by atoms with Crippen LogP contribution in [0.25, 0.3) is 33.5 Å². The molecule has 0 bridgehead atoms. The Labute approximate surface area is 234 Å². The SMILES string of the molecule is CC(C)(O)C(=O)c1oc2nc(-c3ccccc3Cl)c(-c3ccc(Cl)cc3)cc2c1NC(=O)C(=O)N1CCCC1. The second-order valence-electron chi connectivity index (χ2n) is 9.87. The zero-order chi connectivity index (χ0) is 27.9. The van der Waals surface area contributed by atoms with Crippen LogP contribution in [0.3, 0.4) is 0 Å². The molecule has 2 aromatic carbocycles. The number of anilines is 1. The molecule has 1 fully saturated rings. The van der Waals surface area contributed by atoms with E-state index in [1.807, 2.05) is 18.2 Å². The van der Waals surface area contributed by atoms with Crippen LogP contribution in [0, 0.1) is 0 Å². The fourth-order valence-electron chi connectivity index (χ4n) is 4.52. The van der Waals surface area contributed by atoms with Crippen molar-refractivity contribution in [2.45, 2.75) is 32.3 Å². The third-order valence-corrected chi connectivity index (χ3v) is 7.14. The number of benzene rings is 2. The van der Waals surface area contributed by atoms with Gasteiger partial charge >= 0.3 is 11.8 Å². The molecule has 0 unspecified atom stereocenters. The number of pyridine rings is 1. The van der Waals surface area contributed by atoms with Crippen molar-refractivity contribution in [3.8, 4) is 22.4 Å². The summed E-state index contributed by atoms with van der Waals surface area (Å²) in [5.41, 5.74) is 0.617. The maximum absolute atomic E-state index is 13.2. The number of aromatic nitrogens is 1. The standard InChI is InChI=1S/C29H25Cl2N3O5/c1-29(2,38)25(35)24-23(32-26(36)28(37)34-13-5-6-14-34)20-15-19(16-9-11-17(30)12-10-16)22(33-27(20)39-24)18-7-3-4-8-21(18)31/h3-4,7-12,15,38H,5-6,13-14H2,1-2H3,(H,32,36). The average Bonchev–Trinajstić information content (AvgIpc) is 3.56. The molecule has 0 atom stereocenters. The smallest absolute Gasteiger partial charge is 0.314 e. The zero-order valence-electron chi connectivity index (χ0n) is 21.3. The molecule has 0 radical (unpaired) electrons. The Kier molecular flexibility index (Phi) is 7.20. The number of likely N-dealkylation sites (tertiary alicyclic amines) is 1. The topological polar surface area (TPSA) is 113 Å². The molecule has 2 amide bonds. The van der Waals surface area contributed by atoms with Crippen LogP contribution >= 0.6 is 23.2 Å². The average molecular weight is 566 g/mol. The Bertz CT molecular complexity index is 1600. The number of rotatable bonds is 5. The molecule has 4 aromatic rings. The number of hydrogen-bond donors (Lipinski definition) is 2. The molecule has 1 aliphatic rings. The van der Waals surface area contributed by atoms with Crippen LogP contribution in [0.15, 0.2) is 59.0 Å². The van der Waals surface area contributed by atoms with Crippen molar-refractivity contribution in [2.75, 3.05) is 18.4 Å². The minimum Gasteiger partial charge on any atom is -0.432 e. The molecule has 200 valence electrons. The number of ketones is 1. The summed E-state index contributed by atoms with van der Waals surface area (Å²) in [5, 5.41) is 14.3. The molecule has 2 aromatic heterocycles. The van der Waals surface area contributed by atoms with Crippen molar-refractivity contribution >= 4 is 57.6 Å². The number of halogens is 2. The summed E-state index contributed by atoms with van der Waals surface area (Å²) in [7, 11) is 0. The Balaban J connectivity index is 1.74. The van der Waals surface area contributed by atoms with Crippen LogP contribution in [0.1, 0.15) is 37.2 Å². The number of carbonyl (C=O) groups is 3. The molecule has 5 rings (SSSR count). The van der Waals surface area contributed by atoms with Crippen molar-refractivity contribution in [3.05, 3.63) is 70.4 Å². The van der Waals surface area contributed by atoms with E-state index in [0.717, 1.165) is 18.4 Å². The van der Waals surface area contributed by atoms with E-state index >= 15 is 0 Å². The first-order valence-corrected chi connectivity index (χ1v) is 13.2. The van der Waals surface area contributed by atoms with Crippen molar-refractivity contribution < 1.29 is 23.9 Å². The Morgan fingerprint density at radius 3 is 2.31 bits per heavy atom. The first-order valence-electron chi connectivity index (χ1n) is 12.4. The molecule has 1 saturated heterocycles. The van der Waals surface area contributed by atoms with Crippen LogP contribution in [-0.2, 0) is 9.59 Å². The van der Waals surface area contributed by atoms with E-state index in [2.05, 4.69) is 5.32 Å². The number of Topliss-reactive ketones (excluding diaryl/α,β-unsaturated/α-hetero) is 1. The van der Waals surface area contributed by atoms with E-state index in [1.54, 1.807) is 36.4 Å². The minimum absolute atomic E-state index is 0.0270. The van der Waals surface area contributed by atoms with Crippen molar-refractivity contribution in [3.63, 3.8) is 0 Å². The molecular formula is C29H25Cl2N3O5. The van der Waals surface area contributed by atoms with Gasteiger partial charge in [0.1, 0.15) is 11.3 Å². The lowest BCUT2D eigenvalue weighted by Gasteiger charge is -2.16. The highest BCUT2D eigenvalue weighted by molar-refractivity contribution is 6.40. The van der Waals surface area contributed by atoms with Gasteiger partial charge in [-0.3, -0.25) is 14.4 Å². The molecule has 0 saturated carbocycles. The van der Waals surface area contributed by atoms with Gasteiger partial charge in [0.15, 0.2) is 5.76 Å². The third-order valence-electron chi connectivity index (χ3n) is 6.55. The van der Waals surface area contributed by atoms with E-state index in [9.17, 15) is 19.5 Å². The summed E-state index contributed by atoms with van der Waals surface area (Å²) in [6, 6.07) is 15.9. The van der Waals surface area contributed by atoms with Gasteiger partial charge in [-0.25, -0.2) is 4.98 Å². The van der Waals surface area contributed by atoms with Crippen LogP contribution in [-0.4, -0.2) is 51.3 Å². The van der Waals surface area contributed by atoms with Crippen LogP contribution in [0.5, 0.6) is 0 Å². The number of fused-ring (bicyclic) bond motifs is 1. The van der Waals surface area contributed by atoms with Crippen molar-refractivity contribution in [1.82, 2.24) is 9.88 Å². The largest absolute Gasteiger partial charge is 0.432 e. The summed E-state index contributed by atoms with van der Waals surface area (Å²) >= 11 is 12.7. The molecule has 0 spiro atoms. The van der Waals surface area contributed by atoms with E-state index in [0.29, 0.717) is 40.0 Å². The highest BCUT2D eigenvalue weighted by Gasteiger charge is 2.35. The van der Waals surface area contributed by atoms with Crippen LogP contribution in [0.2, 0.25) is 10.0 Å². The third kappa shape index (κ3) is 5.28. The lowest BCUT2D eigenvalue weighted by Crippen LogP contribution is -2.38. The maximum Gasteiger partial charge on any atom is 0.314 e. The normalized spacial score (nSPS) is 13.6. The predicted octanol–water partition coefficient (Wildman–Crippen LogP) is 5.98. The summed E-state index contributed by atoms with van der Waals surface area (Å²) in [6.07, 6.45) is 1.63. The number of aliphatic hydroxyl groups is 1. The quantitative estimate of drug-likeness (QED) is 0.227. The van der Waals surface area contributed by atoms with E-state index in [1.165, 1.54) is 18.7 Å². The molecule has 10 heteroatoms. The molecule has 1 aliphatic heterocycles. The van der Waals surface area contributed by atoms with E-state index in [-0.39, 0.29) is 22.5 Å². The monoisotopic (exact) mass is 565 g/mol. The zero-order valence-corrected chi connectivity index (χ0v) is 22.8. The predicted molar refractivity (Wildman–Crippen MR) is 150 cm³/mol. The first kappa shape index (κ1) is 26.9. The van der Waals surface area contributed by atoms with Gasteiger partial charge in [-0.15, -0.1) is 0 Å². The Hall–Kier alpha value is -3.72. The molecule has 0 aliphatic carbocycles. The summed E-state index contributed by atoms with van der Waals surface area (Å²) in [4.78, 5) is 45.2. The van der Waals surface area contributed by atoms with Crippen LogP contribution in [0.4, 0.5) is 5.69 Å². The number of hydrogen-bond acceptors (Lipinski definition) is 6. The number of furan rings is 1. The van der Waals surface area contributed by atoms with Crippen LogP contribution < -0.4 is 5.32 Å². The fourth-order valence-corrected chi connectivity index (χ4v) is 4.88. The summed E-state index contributed by atoms with van der Waals surface area (Å²) < 4.78 is 5.88. The van der Waals surface area contributed by atoms with Gasteiger partial charge in [0, 0.05) is 34.3 Å². The minimum atomic E-state index is -1.82. The Morgan fingerprint density at radius 2 is 1.67 bits per heavy atom. The van der Waals surface area contributed by atoms with Crippen molar-refractivity contribution in [1.29, 1.82) is 0 Å². The number of amides is 2. The van der Waals surface area contributed by atoms with E-state index in [4.69, 9.17) is 32.6 Å². The molecule has 3 heterocycles. The first-order chi connectivity index (χ1) is 18.5. The van der Waals surface area contributed by atoms with Crippen molar-refractivity contribution in [2.24, 2.45) is 0 Å². The van der Waals surface area contributed by atoms with Gasteiger partial charge in [-0.05, 0) is 56.5 Å². The molecular weight excluding hydrogens is 541 g/mol. The lowest BCUT2D eigenvalue weighted by atomic mass is 9.97. The van der Waals surface area contributed by atoms with E-state index < -0.39 is 23.2 Å². The van der Waals surface area contributed by atoms with Gasteiger partial charge in [-0.2, -0.15) is 0 Å². The summed E-state index contributed by atoms with van der Waals surface area (Å²) in [5.74, 6) is -2.71. The van der Waals surface area contributed by atoms with Gasteiger partial charge in [0.25, 0.3) is 0 Å². The second-order valence-corrected chi connectivity index (χ2v) is 10.7. The highest BCUT2D eigenvalue weighted by atomic mass is 35.5. The summed E-state index contributed by atoms with van der Waals surface area (Å²) in [6.45, 7) is 3.59. The number of nitrogens with one attached hydrogen (secondary N) is 1. The van der Waals surface area contributed by atoms with Gasteiger partial charge < -0.3 is 19.7 Å². The molecule has 2 N–H and O–H groups in total. The number of carbonyl (C=O) groups excluding carboxylic acids is 3. The highest BCUT2D eigenvalue weighted by Crippen LogP contribution is 2.41. The second kappa shape index (κ2) is 10.4. The lowest BCUT2D eigenvalue weighted by molar-refractivity contribution is -0.142. The molecule has 39 heavy (non-hydrogen) atoms. The number of nitrogens with zero attached hydrogens (tertiary/aromatic N) is 2. The van der Waals surface area contributed by atoms with Gasteiger partial charge in [0.2, 0.25) is 11.5 Å². The fraction of sp³-hybridized carbons (Fsp3) is 0.241. The van der Waals surface area contributed by atoms with Gasteiger partial charge in [-0.1, -0.05) is 53.5 Å².